The molecule has 0 saturated heterocycles. The molecule has 1 rings (SSSR count). The topological polar surface area (TPSA) is 72.2 Å². The largest absolute Gasteiger partial charge is 0.389 e. The average Bonchev–Trinajstić information content (AvgIpc) is 2.36. The van der Waals surface area contributed by atoms with Crippen molar-refractivity contribution in [2.45, 2.75) is 18.7 Å². The lowest BCUT2D eigenvalue weighted by Crippen LogP contribution is -2.29. The summed E-state index contributed by atoms with van der Waals surface area (Å²) in [6.07, 6.45) is 2.00. The molecule has 1 aromatic rings. The molecule has 112 valence electrons. The summed E-state index contributed by atoms with van der Waals surface area (Å²) in [6.45, 7) is 4.24. The van der Waals surface area contributed by atoms with E-state index in [-0.39, 0.29) is 15.8 Å². The minimum atomic E-state index is -3.48. The van der Waals surface area contributed by atoms with E-state index in [0.717, 1.165) is 11.3 Å². The van der Waals surface area contributed by atoms with Crippen LogP contribution in [0.25, 0.3) is 0 Å². The molecular formula is C13H20N2O2S3. The lowest BCUT2D eigenvalue weighted by molar-refractivity contribution is 0.562. The normalized spacial score (nSPS) is 13.2. The molecule has 0 spiro atoms. The van der Waals surface area contributed by atoms with Crippen LogP contribution in [-0.2, 0) is 10.0 Å². The summed E-state index contributed by atoms with van der Waals surface area (Å²) in [5.41, 5.74) is 7.03. The highest BCUT2D eigenvalue weighted by atomic mass is 32.2. The number of benzene rings is 1. The first-order chi connectivity index (χ1) is 9.27. The maximum atomic E-state index is 12.2. The highest BCUT2D eigenvalue weighted by Gasteiger charge is 2.16. The first-order valence-corrected chi connectivity index (χ1v) is 9.45. The minimum absolute atomic E-state index is 0.242. The summed E-state index contributed by atoms with van der Waals surface area (Å²) < 4.78 is 27.0. The van der Waals surface area contributed by atoms with Gasteiger partial charge in [-0.1, -0.05) is 25.2 Å². The van der Waals surface area contributed by atoms with Crippen molar-refractivity contribution in [3.05, 3.63) is 29.3 Å². The Hall–Kier alpha value is -0.630. The fourth-order valence-corrected chi connectivity index (χ4v) is 3.92. The molecule has 0 bridgehead atoms. The molecule has 3 N–H and O–H groups in total. The van der Waals surface area contributed by atoms with Crippen molar-refractivity contribution in [3.63, 3.8) is 0 Å². The molecule has 4 nitrogen and oxygen atoms in total. The Kier molecular flexibility index (Phi) is 6.44. The standard InChI is InChI=1S/C13H20N2O2S3/c1-9(8-19-3)7-15-20(16,17)11-4-5-12(13(14)18)10(2)6-11/h4-6,9,15H,7-8H2,1-3H3,(H2,14,18). The summed E-state index contributed by atoms with van der Waals surface area (Å²) in [5.74, 6) is 1.21. The lowest BCUT2D eigenvalue weighted by atomic mass is 10.1. The molecule has 0 aromatic heterocycles. The molecule has 20 heavy (non-hydrogen) atoms. The number of thiocarbonyl (C=S) groups is 1. The molecule has 1 unspecified atom stereocenters. The first-order valence-electron chi connectivity index (χ1n) is 6.17. The number of hydrogen-bond acceptors (Lipinski definition) is 4. The van der Waals surface area contributed by atoms with Gasteiger partial charge in [0.15, 0.2) is 0 Å². The molecule has 0 aliphatic rings. The van der Waals surface area contributed by atoms with Gasteiger partial charge >= 0.3 is 0 Å². The monoisotopic (exact) mass is 332 g/mol. The van der Waals surface area contributed by atoms with Crippen LogP contribution < -0.4 is 10.5 Å². The Balaban J connectivity index is 2.88. The zero-order valence-electron chi connectivity index (χ0n) is 11.8. The zero-order valence-corrected chi connectivity index (χ0v) is 14.3. The SMILES string of the molecule is CSCC(C)CNS(=O)(=O)c1ccc(C(N)=S)c(C)c1. The van der Waals surface area contributed by atoms with Gasteiger partial charge in [0, 0.05) is 12.1 Å². The number of aryl methyl sites for hydroxylation is 1. The third kappa shape index (κ3) is 4.73. The van der Waals surface area contributed by atoms with E-state index in [0.29, 0.717) is 12.1 Å². The Bertz CT molecular complexity index is 585. The van der Waals surface area contributed by atoms with Gasteiger partial charge in [0.2, 0.25) is 10.0 Å². The second-order valence-electron chi connectivity index (χ2n) is 4.75. The molecule has 0 heterocycles. The fraction of sp³-hybridized carbons (Fsp3) is 0.462. The smallest absolute Gasteiger partial charge is 0.240 e. The number of rotatable bonds is 7. The predicted molar refractivity (Wildman–Crippen MR) is 89.8 cm³/mol. The van der Waals surface area contributed by atoms with Gasteiger partial charge in [-0.25, -0.2) is 13.1 Å². The van der Waals surface area contributed by atoms with Crippen LogP contribution >= 0.6 is 24.0 Å². The molecule has 0 amide bonds. The number of nitrogens with one attached hydrogen (secondary N) is 1. The summed E-state index contributed by atoms with van der Waals surface area (Å²) >= 11 is 6.61. The highest BCUT2D eigenvalue weighted by Crippen LogP contribution is 2.16. The van der Waals surface area contributed by atoms with Crippen LogP contribution in [0, 0.1) is 12.8 Å². The molecule has 0 radical (unpaired) electrons. The van der Waals surface area contributed by atoms with Crippen molar-refractivity contribution in [2.24, 2.45) is 11.7 Å². The zero-order chi connectivity index (χ0) is 15.3. The van der Waals surface area contributed by atoms with Crippen molar-refractivity contribution in [1.29, 1.82) is 0 Å². The molecule has 0 saturated carbocycles. The van der Waals surface area contributed by atoms with Crippen LogP contribution in [0.5, 0.6) is 0 Å². The number of hydrogen-bond donors (Lipinski definition) is 2. The van der Waals surface area contributed by atoms with E-state index in [1.807, 2.05) is 13.2 Å². The number of nitrogens with two attached hydrogens (primary N) is 1. The maximum absolute atomic E-state index is 12.2. The van der Waals surface area contributed by atoms with E-state index in [4.69, 9.17) is 18.0 Å². The van der Waals surface area contributed by atoms with Gasteiger partial charge in [-0.2, -0.15) is 11.8 Å². The van der Waals surface area contributed by atoms with E-state index in [1.54, 1.807) is 30.8 Å². The van der Waals surface area contributed by atoms with Crippen LogP contribution in [0.4, 0.5) is 0 Å². The van der Waals surface area contributed by atoms with Crippen molar-refractivity contribution < 1.29 is 8.42 Å². The average molecular weight is 333 g/mol. The fourth-order valence-electron chi connectivity index (χ4n) is 1.76. The Morgan fingerprint density at radius 3 is 2.65 bits per heavy atom. The lowest BCUT2D eigenvalue weighted by Gasteiger charge is -2.13. The van der Waals surface area contributed by atoms with Gasteiger partial charge in [-0.3, -0.25) is 0 Å². The van der Waals surface area contributed by atoms with E-state index in [2.05, 4.69) is 4.72 Å². The Labute approximate surface area is 130 Å². The first kappa shape index (κ1) is 17.4. The maximum Gasteiger partial charge on any atom is 0.240 e. The van der Waals surface area contributed by atoms with E-state index in [9.17, 15) is 8.42 Å². The summed E-state index contributed by atoms with van der Waals surface area (Å²) in [7, 11) is -3.48. The van der Waals surface area contributed by atoms with Gasteiger partial charge < -0.3 is 5.73 Å². The summed E-state index contributed by atoms with van der Waals surface area (Å²) in [5, 5.41) is 0. The van der Waals surface area contributed by atoms with Gasteiger partial charge in [-0.15, -0.1) is 0 Å². The molecule has 1 atom stereocenters. The highest BCUT2D eigenvalue weighted by molar-refractivity contribution is 7.98. The second kappa shape index (κ2) is 7.40. The third-order valence-electron chi connectivity index (χ3n) is 2.85. The molecule has 1 aromatic carbocycles. The van der Waals surface area contributed by atoms with Gasteiger partial charge in [-0.05, 0) is 42.5 Å². The molecule has 0 aliphatic carbocycles. The van der Waals surface area contributed by atoms with Crippen LogP contribution in [0.3, 0.4) is 0 Å². The number of sulfonamides is 1. The summed E-state index contributed by atoms with van der Waals surface area (Å²) in [4.78, 5) is 0.513. The minimum Gasteiger partial charge on any atom is -0.389 e. The van der Waals surface area contributed by atoms with Crippen LogP contribution in [-0.4, -0.2) is 32.0 Å². The van der Waals surface area contributed by atoms with Crippen molar-refractivity contribution in [2.75, 3.05) is 18.6 Å². The van der Waals surface area contributed by atoms with Crippen LogP contribution in [0.1, 0.15) is 18.1 Å². The van der Waals surface area contributed by atoms with Gasteiger partial charge in [0.05, 0.1) is 4.90 Å². The third-order valence-corrected chi connectivity index (χ3v) is 5.39. The van der Waals surface area contributed by atoms with E-state index >= 15 is 0 Å². The van der Waals surface area contributed by atoms with E-state index in [1.165, 1.54) is 6.07 Å². The van der Waals surface area contributed by atoms with Crippen molar-refractivity contribution >= 4 is 39.0 Å². The predicted octanol–water partition coefficient (Wildman–Crippen LogP) is 1.91. The van der Waals surface area contributed by atoms with Crippen molar-refractivity contribution in [1.82, 2.24) is 4.72 Å². The molecule has 0 fully saturated rings. The Morgan fingerprint density at radius 1 is 1.50 bits per heavy atom. The Morgan fingerprint density at radius 2 is 2.15 bits per heavy atom. The van der Waals surface area contributed by atoms with Gasteiger partial charge in [0.25, 0.3) is 0 Å². The van der Waals surface area contributed by atoms with Crippen molar-refractivity contribution in [3.8, 4) is 0 Å². The van der Waals surface area contributed by atoms with Crippen LogP contribution in [0.15, 0.2) is 23.1 Å². The second-order valence-corrected chi connectivity index (χ2v) is 7.87. The van der Waals surface area contributed by atoms with Gasteiger partial charge in [0.1, 0.15) is 4.99 Å². The molecule has 0 aliphatic heterocycles. The quantitative estimate of drug-likeness (QED) is 0.746. The molecular weight excluding hydrogens is 312 g/mol. The van der Waals surface area contributed by atoms with E-state index < -0.39 is 10.0 Å². The number of thioether (sulfide) groups is 1. The van der Waals surface area contributed by atoms with Crippen LogP contribution in [0.2, 0.25) is 0 Å². The summed E-state index contributed by atoms with van der Waals surface area (Å²) in [6, 6.07) is 4.77. The molecule has 7 heteroatoms.